The molecule has 1 aromatic carbocycles. The molecule has 0 bridgehead atoms. The third-order valence-corrected chi connectivity index (χ3v) is 4.44. The average Bonchev–Trinajstić information content (AvgIpc) is 2.93. The van der Waals surface area contributed by atoms with E-state index in [1.165, 1.54) is 31.2 Å². The standard InChI is InChI=1S/C18H28FN/c1-14(2)12-20-13-17(16-5-3-4-6-16)11-15-7-9-18(19)10-8-15/h7-10,14,16-17,20H,3-6,11-13H2,1-2H3. The maximum atomic E-state index is 13.0. The van der Waals surface area contributed by atoms with Crippen molar-refractivity contribution in [2.24, 2.45) is 17.8 Å². The first-order valence-electron chi connectivity index (χ1n) is 8.10. The van der Waals surface area contributed by atoms with Crippen molar-refractivity contribution in [2.45, 2.75) is 46.0 Å². The number of halogens is 1. The van der Waals surface area contributed by atoms with Gasteiger partial charge >= 0.3 is 0 Å². The summed E-state index contributed by atoms with van der Waals surface area (Å²) in [5, 5.41) is 3.62. The monoisotopic (exact) mass is 277 g/mol. The molecule has 0 radical (unpaired) electrons. The van der Waals surface area contributed by atoms with Crippen molar-refractivity contribution in [1.29, 1.82) is 0 Å². The lowest BCUT2D eigenvalue weighted by Crippen LogP contribution is -2.31. The normalized spacial score (nSPS) is 17.8. The van der Waals surface area contributed by atoms with Crippen LogP contribution in [0, 0.1) is 23.6 Å². The third-order valence-electron chi connectivity index (χ3n) is 4.44. The third kappa shape index (κ3) is 4.90. The SMILES string of the molecule is CC(C)CNCC(Cc1ccc(F)cc1)C1CCCC1. The van der Waals surface area contributed by atoms with Gasteiger partial charge in [0.2, 0.25) is 0 Å². The molecule has 0 aliphatic heterocycles. The van der Waals surface area contributed by atoms with E-state index >= 15 is 0 Å². The molecule has 1 atom stereocenters. The van der Waals surface area contributed by atoms with Gasteiger partial charge < -0.3 is 5.32 Å². The summed E-state index contributed by atoms with van der Waals surface area (Å²) in [7, 11) is 0. The van der Waals surface area contributed by atoms with Crippen LogP contribution in [0.5, 0.6) is 0 Å². The molecule has 1 fully saturated rings. The van der Waals surface area contributed by atoms with Gasteiger partial charge in [0.15, 0.2) is 0 Å². The predicted octanol–water partition coefficient (Wildman–Crippen LogP) is 4.42. The summed E-state index contributed by atoms with van der Waals surface area (Å²) in [6, 6.07) is 7.06. The Morgan fingerprint density at radius 1 is 1.10 bits per heavy atom. The van der Waals surface area contributed by atoms with Crippen LogP contribution < -0.4 is 5.32 Å². The van der Waals surface area contributed by atoms with Crippen molar-refractivity contribution in [1.82, 2.24) is 5.32 Å². The fourth-order valence-electron chi connectivity index (χ4n) is 3.31. The summed E-state index contributed by atoms with van der Waals surface area (Å²) >= 11 is 0. The van der Waals surface area contributed by atoms with Crippen LogP contribution in [0.3, 0.4) is 0 Å². The van der Waals surface area contributed by atoms with Gasteiger partial charge in [0.25, 0.3) is 0 Å². The van der Waals surface area contributed by atoms with Crippen LogP contribution >= 0.6 is 0 Å². The van der Waals surface area contributed by atoms with Gasteiger partial charge in [-0.1, -0.05) is 51.7 Å². The summed E-state index contributed by atoms with van der Waals surface area (Å²) in [6.45, 7) is 6.68. The highest BCUT2D eigenvalue weighted by Crippen LogP contribution is 2.33. The van der Waals surface area contributed by atoms with Crippen LogP contribution in [0.4, 0.5) is 4.39 Å². The molecular formula is C18H28FN. The van der Waals surface area contributed by atoms with Gasteiger partial charge in [-0.2, -0.15) is 0 Å². The van der Waals surface area contributed by atoms with Crippen LogP contribution in [-0.2, 0) is 6.42 Å². The predicted molar refractivity (Wildman–Crippen MR) is 83.3 cm³/mol. The molecule has 1 unspecified atom stereocenters. The first-order valence-corrected chi connectivity index (χ1v) is 8.10. The van der Waals surface area contributed by atoms with Crippen LogP contribution in [0.2, 0.25) is 0 Å². The zero-order chi connectivity index (χ0) is 14.4. The highest BCUT2D eigenvalue weighted by atomic mass is 19.1. The molecule has 1 aliphatic rings. The van der Waals surface area contributed by atoms with Gasteiger partial charge in [-0.15, -0.1) is 0 Å². The van der Waals surface area contributed by atoms with E-state index in [-0.39, 0.29) is 5.82 Å². The van der Waals surface area contributed by atoms with Crippen molar-refractivity contribution in [3.8, 4) is 0 Å². The molecule has 1 aliphatic carbocycles. The van der Waals surface area contributed by atoms with Crippen molar-refractivity contribution >= 4 is 0 Å². The Kier molecular flexibility index (Phi) is 6.03. The topological polar surface area (TPSA) is 12.0 Å². The Hall–Kier alpha value is -0.890. The molecule has 1 aromatic rings. The minimum absolute atomic E-state index is 0.135. The second-order valence-corrected chi connectivity index (χ2v) is 6.69. The molecule has 0 spiro atoms. The number of rotatable bonds is 7. The second kappa shape index (κ2) is 7.78. The molecule has 0 heterocycles. The van der Waals surface area contributed by atoms with Crippen molar-refractivity contribution < 1.29 is 4.39 Å². The highest BCUT2D eigenvalue weighted by Gasteiger charge is 2.24. The molecule has 112 valence electrons. The maximum Gasteiger partial charge on any atom is 0.123 e. The molecule has 20 heavy (non-hydrogen) atoms. The van der Waals surface area contributed by atoms with E-state index < -0.39 is 0 Å². The van der Waals surface area contributed by atoms with Crippen LogP contribution in [0.25, 0.3) is 0 Å². The lowest BCUT2D eigenvalue weighted by atomic mass is 9.85. The first-order chi connectivity index (χ1) is 9.65. The summed E-state index contributed by atoms with van der Waals surface area (Å²) in [5.74, 6) is 2.11. The number of hydrogen-bond acceptors (Lipinski definition) is 1. The number of nitrogens with one attached hydrogen (secondary N) is 1. The van der Waals surface area contributed by atoms with Crippen LogP contribution in [0.1, 0.15) is 45.1 Å². The molecule has 0 amide bonds. The highest BCUT2D eigenvalue weighted by molar-refractivity contribution is 5.17. The molecule has 1 N–H and O–H groups in total. The van der Waals surface area contributed by atoms with E-state index in [0.717, 1.165) is 25.4 Å². The molecule has 1 saturated carbocycles. The van der Waals surface area contributed by atoms with Gasteiger partial charge in [0, 0.05) is 0 Å². The molecule has 2 rings (SSSR count). The van der Waals surface area contributed by atoms with E-state index in [1.807, 2.05) is 12.1 Å². The Morgan fingerprint density at radius 3 is 2.35 bits per heavy atom. The molecule has 1 nitrogen and oxygen atoms in total. The molecule has 0 saturated heterocycles. The molecule has 2 heteroatoms. The van der Waals surface area contributed by atoms with Gasteiger partial charge in [-0.05, 0) is 55.0 Å². The smallest absolute Gasteiger partial charge is 0.123 e. The summed E-state index contributed by atoms with van der Waals surface area (Å²) in [6.07, 6.45) is 6.59. The van der Waals surface area contributed by atoms with Gasteiger partial charge in [0.1, 0.15) is 5.82 Å². The number of benzene rings is 1. The van der Waals surface area contributed by atoms with Gasteiger partial charge in [-0.25, -0.2) is 4.39 Å². The largest absolute Gasteiger partial charge is 0.316 e. The van der Waals surface area contributed by atoms with Crippen LogP contribution in [0.15, 0.2) is 24.3 Å². The van der Waals surface area contributed by atoms with Crippen molar-refractivity contribution in [2.75, 3.05) is 13.1 Å². The summed E-state index contributed by atoms with van der Waals surface area (Å²) in [4.78, 5) is 0. The van der Waals surface area contributed by atoms with Gasteiger partial charge in [-0.3, -0.25) is 0 Å². The van der Waals surface area contributed by atoms with E-state index in [0.29, 0.717) is 11.8 Å². The Labute approximate surface area is 123 Å². The van der Waals surface area contributed by atoms with E-state index in [9.17, 15) is 4.39 Å². The van der Waals surface area contributed by atoms with E-state index in [2.05, 4.69) is 19.2 Å². The zero-order valence-electron chi connectivity index (χ0n) is 12.9. The summed E-state index contributed by atoms with van der Waals surface area (Å²) < 4.78 is 13.0. The fraction of sp³-hybridized carbons (Fsp3) is 0.667. The van der Waals surface area contributed by atoms with Crippen LogP contribution in [-0.4, -0.2) is 13.1 Å². The van der Waals surface area contributed by atoms with E-state index in [4.69, 9.17) is 0 Å². The second-order valence-electron chi connectivity index (χ2n) is 6.69. The minimum atomic E-state index is -0.135. The van der Waals surface area contributed by atoms with Gasteiger partial charge in [0.05, 0.1) is 0 Å². The van der Waals surface area contributed by atoms with Crippen molar-refractivity contribution in [3.63, 3.8) is 0 Å². The van der Waals surface area contributed by atoms with Crippen molar-refractivity contribution in [3.05, 3.63) is 35.6 Å². The molecule has 0 aromatic heterocycles. The quantitative estimate of drug-likeness (QED) is 0.778. The zero-order valence-corrected chi connectivity index (χ0v) is 12.9. The summed E-state index contributed by atoms with van der Waals surface area (Å²) in [5.41, 5.74) is 1.27. The fourth-order valence-corrected chi connectivity index (χ4v) is 3.31. The lowest BCUT2D eigenvalue weighted by molar-refractivity contribution is 0.316. The Morgan fingerprint density at radius 2 is 1.75 bits per heavy atom. The molecular weight excluding hydrogens is 249 g/mol. The Bertz CT molecular complexity index is 379. The maximum absolute atomic E-state index is 13.0. The minimum Gasteiger partial charge on any atom is -0.316 e. The first kappa shape index (κ1) is 15.5. The van der Waals surface area contributed by atoms with E-state index in [1.54, 1.807) is 12.1 Å². The average molecular weight is 277 g/mol. The lowest BCUT2D eigenvalue weighted by Gasteiger charge is -2.24. The number of hydrogen-bond donors (Lipinski definition) is 1. The Balaban J connectivity index is 1.92.